The van der Waals surface area contributed by atoms with E-state index in [0.29, 0.717) is 6.54 Å². The van der Waals surface area contributed by atoms with E-state index in [1.165, 1.54) is 0 Å². The SMILES string of the molecule is Cc1nn(C)cc1NCC(C)O. The predicted octanol–water partition coefficient (Wildman–Crippen LogP) is 0.521. The van der Waals surface area contributed by atoms with Crippen LogP contribution in [0.1, 0.15) is 12.6 Å². The molecule has 1 atom stereocenters. The minimum Gasteiger partial charge on any atom is -0.392 e. The molecule has 0 amide bonds. The van der Waals surface area contributed by atoms with Crippen LogP contribution in [0.3, 0.4) is 0 Å². The molecule has 1 heterocycles. The molecule has 12 heavy (non-hydrogen) atoms. The highest BCUT2D eigenvalue weighted by molar-refractivity contribution is 5.45. The highest BCUT2D eigenvalue weighted by atomic mass is 16.3. The van der Waals surface area contributed by atoms with Crippen LogP contribution in [0, 0.1) is 6.92 Å². The Kier molecular flexibility index (Phi) is 2.70. The minimum absolute atomic E-state index is 0.329. The van der Waals surface area contributed by atoms with E-state index in [4.69, 9.17) is 5.11 Å². The fourth-order valence-electron chi connectivity index (χ4n) is 1.03. The molecule has 0 radical (unpaired) electrons. The Morgan fingerprint density at radius 2 is 2.42 bits per heavy atom. The number of anilines is 1. The summed E-state index contributed by atoms with van der Waals surface area (Å²) in [6.07, 6.45) is 1.57. The first-order chi connectivity index (χ1) is 5.59. The largest absolute Gasteiger partial charge is 0.392 e. The van der Waals surface area contributed by atoms with Crippen LogP contribution in [-0.2, 0) is 7.05 Å². The molecular weight excluding hydrogens is 154 g/mol. The smallest absolute Gasteiger partial charge is 0.0824 e. The normalized spacial score (nSPS) is 13.0. The quantitative estimate of drug-likeness (QED) is 0.693. The maximum Gasteiger partial charge on any atom is 0.0824 e. The van der Waals surface area contributed by atoms with Crippen molar-refractivity contribution >= 4 is 5.69 Å². The molecule has 0 saturated carbocycles. The zero-order chi connectivity index (χ0) is 9.14. The molecule has 1 unspecified atom stereocenters. The van der Waals surface area contributed by atoms with Crippen molar-refractivity contribution in [2.24, 2.45) is 7.05 Å². The minimum atomic E-state index is -0.329. The summed E-state index contributed by atoms with van der Waals surface area (Å²) >= 11 is 0. The van der Waals surface area contributed by atoms with Gasteiger partial charge < -0.3 is 10.4 Å². The van der Waals surface area contributed by atoms with E-state index in [-0.39, 0.29) is 6.10 Å². The zero-order valence-electron chi connectivity index (χ0n) is 7.70. The van der Waals surface area contributed by atoms with Crippen molar-refractivity contribution in [1.82, 2.24) is 9.78 Å². The number of aromatic nitrogens is 2. The molecule has 4 nitrogen and oxygen atoms in total. The standard InChI is InChI=1S/C8H15N3O/c1-6(12)4-9-8-5-11(3)10-7(8)2/h5-6,9,12H,4H2,1-3H3. The summed E-state index contributed by atoms with van der Waals surface area (Å²) < 4.78 is 1.75. The predicted molar refractivity (Wildman–Crippen MR) is 48.1 cm³/mol. The zero-order valence-corrected chi connectivity index (χ0v) is 7.70. The molecule has 0 spiro atoms. The van der Waals surface area contributed by atoms with Gasteiger partial charge in [0.1, 0.15) is 0 Å². The van der Waals surface area contributed by atoms with Gasteiger partial charge in [-0.25, -0.2) is 0 Å². The molecule has 0 bridgehead atoms. The third-order valence-corrected chi connectivity index (χ3v) is 1.60. The van der Waals surface area contributed by atoms with Gasteiger partial charge in [0.2, 0.25) is 0 Å². The number of hydrogen-bond acceptors (Lipinski definition) is 3. The Bertz CT molecular complexity index is 255. The molecule has 1 aromatic heterocycles. The highest BCUT2D eigenvalue weighted by Gasteiger charge is 2.02. The molecule has 1 aromatic rings. The highest BCUT2D eigenvalue weighted by Crippen LogP contribution is 2.10. The molecule has 0 fully saturated rings. The molecular formula is C8H15N3O. The van der Waals surface area contributed by atoms with Crippen LogP contribution in [-0.4, -0.2) is 27.5 Å². The Morgan fingerprint density at radius 3 is 2.83 bits per heavy atom. The topological polar surface area (TPSA) is 50.1 Å². The fraction of sp³-hybridized carbons (Fsp3) is 0.625. The van der Waals surface area contributed by atoms with Gasteiger partial charge in [0.05, 0.1) is 17.5 Å². The van der Waals surface area contributed by atoms with Gasteiger partial charge in [0, 0.05) is 19.8 Å². The second kappa shape index (κ2) is 3.58. The van der Waals surface area contributed by atoms with Crippen LogP contribution in [0.15, 0.2) is 6.20 Å². The molecule has 0 aliphatic rings. The van der Waals surface area contributed by atoms with Crippen LogP contribution in [0.25, 0.3) is 0 Å². The van der Waals surface area contributed by atoms with Crippen LogP contribution in [0.5, 0.6) is 0 Å². The monoisotopic (exact) mass is 169 g/mol. The summed E-state index contributed by atoms with van der Waals surface area (Å²) in [5.41, 5.74) is 1.94. The van der Waals surface area contributed by atoms with Gasteiger partial charge in [-0.2, -0.15) is 5.10 Å². The number of aryl methyl sites for hydroxylation is 2. The third-order valence-electron chi connectivity index (χ3n) is 1.60. The number of hydrogen-bond donors (Lipinski definition) is 2. The van der Waals surface area contributed by atoms with Crippen molar-refractivity contribution in [3.63, 3.8) is 0 Å². The number of nitrogens with one attached hydrogen (secondary N) is 1. The Hall–Kier alpha value is -1.03. The molecule has 0 aliphatic heterocycles. The average molecular weight is 169 g/mol. The first kappa shape index (κ1) is 9.06. The second-order valence-corrected chi connectivity index (χ2v) is 3.03. The second-order valence-electron chi connectivity index (χ2n) is 3.03. The first-order valence-corrected chi connectivity index (χ1v) is 4.02. The average Bonchev–Trinajstić information content (AvgIpc) is 2.26. The van der Waals surface area contributed by atoms with Crippen molar-refractivity contribution < 1.29 is 5.11 Å². The van der Waals surface area contributed by atoms with Crippen molar-refractivity contribution in [3.05, 3.63) is 11.9 Å². The van der Waals surface area contributed by atoms with Crippen LogP contribution in [0.4, 0.5) is 5.69 Å². The van der Waals surface area contributed by atoms with Crippen molar-refractivity contribution in [2.75, 3.05) is 11.9 Å². The summed E-state index contributed by atoms with van der Waals surface area (Å²) in [4.78, 5) is 0. The summed E-state index contributed by atoms with van der Waals surface area (Å²) in [6.45, 7) is 4.25. The summed E-state index contributed by atoms with van der Waals surface area (Å²) in [6, 6.07) is 0. The van der Waals surface area contributed by atoms with Crippen LogP contribution < -0.4 is 5.32 Å². The Balaban J connectivity index is 2.57. The van der Waals surface area contributed by atoms with Crippen molar-refractivity contribution in [1.29, 1.82) is 0 Å². The first-order valence-electron chi connectivity index (χ1n) is 4.02. The fourth-order valence-corrected chi connectivity index (χ4v) is 1.03. The molecule has 4 heteroatoms. The lowest BCUT2D eigenvalue weighted by Gasteiger charge is -2.05. The van der Waals surface area contributed by atoms with Gasteiger partial charge in [-0.05, 0) is 13.8 Å². The van der Waals surface area contributed by atoms with Crippen molar-refractivity contribution in [3.8, 4) is 0 Å². The van der Waals surface area contributed by atoms with E-state index in [2.05, 4.69) is 10.4 Å². The molecule has 0 aromatic carbocycles. The van der Waals surface area contributed by atoms with Gasteiger partial charge in [-0.1, -0.05) is 0 Å². The van der Waals surface area contributed by atoms with E-state index in [0.717, 1.165) is 11.4 Å². The summed E-state index contributed by atoms with van der Waals surface area (Å²) in [5.74, 6) is 0. The van der Waals surface area contributed by atoms with Gasteiger partial charge >= 0.3 is 0 Å². The van der Waals surface area contributed by atoms with E-state index in [9.17, 15) is 0 Å². The number of aliphatic hydroxyl groups is 1. The van der Waals surface area contributed by atoms with E-state index in [1.54, 1.807) is 11.6 Å². The van der Waals surface area contributed by atoms with E-state index in [1.807, 2.05) is 20.2 Å². The number of rotatable bonds is 3. The van der Waals surface area contributed by atoms with Gasteiger partial charge in [0.25, 0.3) is 0 Å². The maximum absolute atomic E-state index is 9.02. The Labute approximate surface area is 72.2 Å². The van der Waals surface area contributed by atoms with E-state index < -0.39 is 0 Å². The summed E-state index contributed by atoms with van der Waals surface area (Å²) in [7, 11) is 1.88. The third kappa shape index (κ3) is 2.23. The Morgan fingerprint density at radius 1 is 1.75 bits per heavy atom. The lowest BCUT2D eigenvalue weighted by molar-refractivity contribution is 0.208. The number of aliphatic hydroxyl groups excluding tert-OH is 1. The lowest BCUT2D eigenvalue weighted by Crippen LogP contribution is -2.15. The van der Waals surface area contributed by atoms with Crippen molar-refractivity contribution in [2.45, 2.75) is 20.0 Å². The van der Waals surface area contributed by atoms with Crippen LogP contribution >= 0.6 is 0 Å². The van der Waals surface area contributed by atoms with E-state index >= 15 is 0 Å². The van der Waals surface area contributed by atoms with Gasteiger partial charge in [-0.15, -0.1) is 0 Å². The summed E-state index contributed by atoms with van der Waals surface area (Å²) in [5, 5.41) is 16.3. The molecule has 0 saturated heterocycles. The molecule has 0 aliphatic carbocycles. The van der Waals surface area contributed by atoms with Crippen LogP contribution in [0.2, 0.25) is 0 Å². The van der Waals surface area contributed by atoms with Gasteiger partial charge in [-0.3, -0.25) is 4.68 Å². The molecule has 1 rings (SSSR count). The molecule has 68 valence electrons. The van der Waals surface area contributed by atoms with Gasteiger partial charge in [0.15, 0.2) is 0 Å². The number of nitrogens with zero attached hydrogens (tertiary/aromatic N) is 2. The lowest BCUT2D eigenvalue weighted by atomic mass is 10.3. The maximum atomic E-state index is 9.02. The molecule has 2 N–H and O–H groups in total.